The predicted octanol–water partition coefficient (Wildman–Crippen LogP) is 3.85. The summed E-state index contributed by atoms with van der Waals surface area (Å²) in [5.41, 5.74) is 2.43. The minimum atomic E-state index is 0. The van der Waals surface area contributed by atoms with Gasteiger partial charge < -0.3 is 10.6 Å². The first-order chi connectivity index (χ1) is 15.2. The smallest absolute Gasteiger partial charge is 0.191 e. The van der Waals surface area contributed by atoms with Gasteiger partial charge in [-0.3, -0.25) is 4.90 Å². The number of rotatable bonds is 10. The summed E-state index contributed by atoms with van der Waals surface area (Å²) in [5, 5.41) is 11.0. The molecular weight excluding hydrogens is 513 g/mol. The highest BCUT2D eigenvalue weighted by molar-refractivity contribution is 14.0. The number of halogens is 1. The van der Waals surface area contributed by atoms with Crippen molar-refractivity contribution >= 4 is 29.9 Å². The average molecular weight is 547 g/mol. The Hall–Kier alpha value is -2.46. The number of hydrogen-bond acceptors (Lipinski definition) is 4. The summed E-state index contributed by atoms with van der Waals surface area (Å²) in [6.45, 7) is 7.57. The van der Waals surface area contributed by atoms with E-state index in [0.29, 0.717) is 12.6 Å². The van der Waals surface area contributed by atoms with Crippen LogP contribution in [0.2, 0.25) is 0 Å². The van der Waals surface area contributed by atoms with Crippen LogP contribution in [0.1, 0.15) is 31.4 Å². The molecule has 2 heterocycles. The van der Waals surface area contributed by atoms with Crippen LogP contribution in [-0.2, 0) is 13.1 Å². The number of aliphatic imine (C=N–C) groups is 1. The number of pyridine rings is 1. The molecule has 1 unspecified atom stereocenters. The first kappa shape index (κ1) is 25.8. The van der Waals surface area contributed by atoms with E-state index in [2.05, 4.69) is 76.8 Å². The fraction of sp³-hybridized carbons (Fsp3) is 0.375. The standard InChI is InChI=1S/C24H33N7.HI/c1-4-25-24(27-14-11-20(2)30(3)19-21-9-6-5-7-10-21)28-18-22-12-15-26-23(17-22)31-16-8-13-29-31;/h5-10,12-13,15-17,20H,4,11,14,18-19H2,1-3H3,(H2,25,27,28);1H. The Balaban J connectivity index is 0.00000363. The summed E-state index contributed by atoms with van der Waals surface area (Å²) >= 11 is 0. The molecule has 0 saturated carbocycles. The van der Waals surface area contributed by atoms with Crippen molar-refractivity contribution in [3.63, 3.8) is 0 Å². The van der Waals surface area contributed by atoms with E-state index >= 15 is 0 Å². The molecule has 2 aromatic heterocycles. The first-order valence-electron chi connectivity index (χ1n) is 10.9. The zero-order valence-electron chi connectivity index (χ0n) is 19.1. The van der Waals surface area contributed by atoms with Crippen molar-refractivity contribution in [2.45, 2.75) is 39.4 Å². The van der Waals surface area contributed by atoms with Crippen molar-refractivity contribution in [2.24, 2.45) is 4.99 Å². The monoisotopic (exact) mass is 547 g/mol. The van der Waals surface area contributed by atoms with Gasteiger partial charge in [-0.05, 0) is 56.6 Å². The molecule has 0 aliphatic carbocycles. The Bertz CT molecular complexity index is 929. The van der Waals surface area contributed by atoms with Gasteiger partial charge in [-0.15, -0.1) is 24.0 Å². The van der Waals surface area contributed by atoms with Gasteiger partial charge in [-0.25, -0.2) is 14.7 Å². The summed E-state index contributed by atoms with van der Waals surface area (Å²) in [6, 6.07) is 16.9. The predicted molar refractivity (Wildman–Crippen MR) is 142 cm³/mol. The van der Waals surface area contributed by atoms with E-state index in [-0.39, 0.29) is 24.0 Å². The third-order valence-electron chi connectivity index (χ3n) is 5.19. The Kier molecular flexibility index (Phi) is 11.2. The van der Waals surface area contributed by atoms with Crippen LogP contribution in [-0.4, -0.2) is 51.8 Å². The Labute approximate surface area is 208 Å². The second-order valence-electron chi connectivity index (χ2n) is 7.63. The number of nitrogens with zero attached hydrogens (tertiary/aromatic N) is 5. The van der Waals surface area contributed by atoms with Gasteiger partial charge in [0.1, 0.15) is 0 Å². The normalized spacial score (nSPS) is 12.3. The second kappa shape index (κ2) is 13.8. The third kappa shape index (κ3) is 8.23. The van der Waals surface area contributed by atoms with E-state index < -0.39 is 0 Å². The lowest BCUT2D eigenvalue weighted by Crippen LogP contribution is -2.40. The average Bonchev–Trinajstić information content (AvgIpc) is 3.33. The molecule has 7 nitrogen and oxygen atoms in total. The molecule has 32 heavy (non-hydrogen) atoms. The number of nitrogens with one attached hydrogen (secondary N) is 2. The van der Waals surface area contributed by atoms with Crippen molar-refractivity contribution in [1.82, 2.24) is 30.3 Å². The van der Waals surface area contributed by atoms with Gasteiger partial charge in [0.2, 0.25) is 0 Å². The highest BCUT2D eigenvalue weighted by atomic mass is 127. The zero-order valence-corrected chi connectivity index (χ0v) is 21.4. The van der Waals surface area contributed by atoms with Crippen molar-refractivity contribution in [2.75, 3.05) is 20.1 Å². The number of guanidine groups is 1. The Morgan fingerprint density at radius 1 is 1.09 bits per heavy atom. The summed E-state index contributed by atoms with van der Waals surface area (Å²) in [7, 11) is 2.18. The maximum atomic E-state index is 4.74. The van der Waals surface area contributed by atoms with Gasteiger partial charge in [-0.2, -0.15) is 5.10 Å². The third-order valence-corrected chi connectivity index (χ3v) is 5.19. The molecule has 0 spiro atoms. The molecule has 0 aliphatic rings. The maximum absolute atomic E-state index is 4.74. The highest BCUT2D eigenvalue weighted by Gasteiger charge is 2.10. The van der Waals surface area contributed by atoms with E-state index in [4.69, 9.17) is 4.99 Å². The molecule has 172 valence electrons. The van der Waals surface area contributed by atoms with Crippen LogP contribution in [0, 0.1) is 0 Å². The largest absolute Gasteiger partial charge is 0.357 e. The van der Waals surface area contributed by atoms with Gasteiger partial charge in [0.25, 0.3) is 0 Å². The summed E-state index contributed by atoms with van der Waals surface area (Å²) in [6.07, 6.45) is 6.47. The van der Waals surface area contributed by atoms with Crippen molar-refractivity contribution < 1.29 is 0 Å². The summed E-state index contributed by atoms with van der Waals surface area (Å²) in [5.74, 6) is 1.63. The molecule has 0 fully saturated rings. The number of benzene rings is 1. The van der Waals surface area contributed by atoms with Gasteiger partial charge in [0, 0.05) is 44.3 Å². The minimum Gasteiger partial charge on any atom is -0.357 e. The number of aromatic nitrogens is 3. The summed E-state index contributed by atoms with van der Waals surface area (Å²) < 4.78 is 1.75. The topological polar surface area (TPSA) is 70.4 Å². The molecule has 1 aromatic carbocycles. The number of hydrogen-bond donors (Lipinski definition) is 2. The molecule has 3 rings (SSSR count). The van der Waals surface area contributed by atoms with Gasteiger partial charge in [0.15, 0.2) is 11.8 Å². The fourth-order valence-electron chi connectivity index (χ4n) is 3.25. The molecular formula is C24H34IN7. The Morgan fingerprint density at radius 3 is 2.62 bits per heavy atom. The van der Waals surface area contributed by atoms with Crippen LogP contribution in [0.5, 0.6) is 0 Å². The second-order valence-corrected chi connectivity index (χ2v) is 7.63. The molecule has 0 bridgehead atoms. The van der Waals surface area contributed by atoms with Gasteiger partial charge >= 0.3 is 0 Å². The molecule has 0 amide bonds. The lowest BCUT2D eigenvalue weighted by atomic mass is 10.1. The molecule has 3 aromatic rings. The Morgan fingerprint density at radius 2 is 1.91 bits per heavy atom. The molecule has 8 heteroatoms. The van der Waals surface area contributed by atoms with Crippen molar-refractivity contribution in [3.8, 4) is 5.82 Å². The van der Waals surface area contributed by atoms with Crippen LogP contribution in [0.15, 0.2) is 72.1 Å². The van der Waals surface area contributed by atoms with Crippen LogP contribution < -0.4 is 10.6 Å². The minimum absolute atomic E-state index is 0. The van der Waals surface area contributed by atoms with Crippen LogP contribution in [0.3, 0.4) is 0 Å². The molecule has 2 N–H and O–H groups in total. The zero-order chi connectivity index (χ0) is 21.9. The SMILES string of the molecule is CCNC(=NCc1ccnc(-n2cccn2)c1)NCCC(C)N(C)Cc1ccccc1.I. The van der Waals surface area contributed by atoms with Crippen molar-refractivity contribution in [1.29, 1.82) is 0 Å². The fourth-order valence-corrected chi connectivity index (χ4v) is 3.25. The van der Waals surface area contributed by atoms with E-state index in [0.717, 1.165) is 43.4 Å². The van der Waals surface area contributed by atoms with Gasteiger partial charge in [-0.1, -0.05) is 30.3 Å². The molecule has 0 aliphatic heterocycles. The lowest BCUT2D eigenvalue weighted by Gasteiger charge is -2.25. The van der Waals surface area contributed by atoms with Crippen LogP contribution in [0.25, 0.3) is 5.82 Å². The van der Waals surface area contributed by atoms with E-state index in [1.54, 1.807) is 17.1 Å². The molecule has 1 atom stereocenters. The molecule has 0 radical (unpaired) electrons. The quantitative estimate of drug-likeness (QED) is 0.229. The highest BCUT2D eigenvalue weighted by Crippen LogP contribution is 2.09. The molecule has 0 saturated heterocycles. The van der Waals surface area contributed by atoms with E-state index in [1.165, 1.54) is 5.56 Å². The first-order valence-corrected chi connectivity index (χ1v) is 10.9. The van der Waals surface area contributed by atoms with E-state index in [9.17, 15) is 0 Å². The summed E-state index contributed by atoms with van der Waals surface area (Å²) in [4.78, 5) is 11.5. The van der Waals surface area contributed by atoms with E-state index in [1.807, 2.05) is 24.4 Å². The maximum Gasteiger partial charge on any atom is 0.191 e. The van der Waals surface area contributed by atoms with Crippen LogP contribution >= 0.6 is 24.0 Å². The van der Waals surface area contributed by atoms with Crippen LogP contribution in [0.4, 0.5) is 0 Å². The van der Waals surface area contributed by atoms with Gasteiger partial charge in [0.05, 0.1) is 6.54 Å². The lowest BCUT2D eigenvalue weighted by molar-refractivity contribution is 0.238. The van der Waals surface area contributed by atoms with Crippen molar-refractivity contribution in [3.05, 3.63) is 78.2 Å².